The molecule has 2 aromatic heterocycles. The molecule has 4 aliphatic rings. The van der Waals surface area contributed by atoms with Gasteiger partial charge in [0.1, 0.15) is 11.4 Å². The number of rotatable bonds is 33. The number of hydrogen-bond acceptors (Lipinski definition) is 35. The maximum absolute atomic E-state index is 13.1. The third-order valence-corrected chi connectivity index (χ3v) is 25.2. The number of carbonyl (C=O) groups excluding carboxylic acids is 8. The van der Waals surface area contributed by atoms with Crippen LogP contribution in [0.15, 0.2) is 72.8 Å². The number of nitrogens with zero attached hydrogens (tertiary/aromatic N) is 14. The van der Waals surface area contributed by atoms with E-state index in [2.05, 4.69) is 138 Å². The maximum atomic E-state index is 13.1. The second kappa shape index (κ2) is 65.6. The molecule has 49 heteroatoms. The largest absolute Gasteiger partial charge is 0.481 e. The van der Waals surface area contributed by atoms with Crippen molar-refractivity contribution < 1.29 is 122 Å². The zero-order valence-corrected chi connectivity index (χ0v) is 91.4. The fraction of sp³-hybridized carbons (Fsp3) is 0.616. The van der Waals surface area contributed by atoms with Crippen LogP contribution in [0.5, 0.6) is 0 Å². The number of nitriles is 1. The Kier molecular flexibility index (Phi) is 57.6. The number of nitro benzene ring substituents is 2. The van der Waals surface area contributed by atoms with Crippen LogP contribution in [0.1, 0.15) is 238 Å². The Morgan fingerprint density at radius 1 is 0.507 bits per heavy atom. The minimum absolute atomic E-state index is 0.0124. The average Bonchev–Trinajstić information content (AvgIpc) is 1.68. The minimum atomic E-state index is -4.66. The summed E-state index contributed by atoms with van der Waals surface area (Å²) in [4.78, 5) is 144. The van der Waals surface area contributed by atoms with Gasteiger partial charge in [0.2, 0.25) is 21.2 Å². The van der Waals surface area contributed by atoms with E-state index >= 15 is 0 Å². The lowest BCUT2D eigenvalue weighted by molar-refractivity contribution is -0.384. The van der Waals surface area contributed by atoms with Crippen LogP contribution in [-0.2, 0) is 74.2 Å². The number of aliphatic carboxylic acids is 1. The van der Waals surface area contributed by atoms with Crippen LogP contribution in [-0.4, -0.2) is 261 Å². The van der Waals surface area contributed by atoms with E-state index < -0.39 is 35.4 Å². The van der Waals surface area contributed by atoms with E-state index in [-0.39, 0.29) is 134 Å². The Morgan fingerprint density at radius 2 is 0.811 bits per heavy atom. The van der Waals surface area contributed by atoms with Gasteiger partial charge < -0.3 is 93.7 Å². The van der Waals surface area contributed by atoms with Crippen LogP contribution in [0.2, 0.25) is 4.47 Å². The van der Waals surface area contributed by atoms with Crippen molar-refractivity contribution in [2.75, 3.05) is 166 Å². The van der Waals surface area contributed by atoms with Crippen molar-refractivity contribution in [3.63, 3.8) is 0 Å². The number of hydrogen-bond donors (Lipinski definition) is 4. The molecule has 4 saturated heterocycles. The molecule has 10 rings (SSSR count). The zero-order chi connectivity index (χ0) is 112. The van der Waals surface area contributed by atoms with Gasteiger partial charge in [0.05, 0.1) is 121 Å². The molecular weight excluding hydrogens is 2030 g/mol. The third-order valence-electron chi connectivity index (χ3n) is 23.7. The number of alkyl halides is 6. The van der Waals surface area contributed by atoms with Gasteiger partial charge in [0.25, 0.3) is 11.4 Å². The summed E-state index contributed by atoms with van der Waals surface area (Å²) in [5.74, 6) is -3.58. The van der Waals surface area contributed by atoms with Crippen LogP contribution in [0, 0.1) is 55.2 Å². The van der Waals surface area contributed by atoms with E-state index in [4.69, 9.17) is 51.0 Å². The maximum Gasteiger partial charge on any atom is 0.452 e. The van der Waals surface area contributed by atoms with Crippen molar-refractivity contribution in [1.29, 1.82) is 5.26 Å². The van der Waals surface area contributed by atoms with Gasteiger partial charge in [-0.25, -0.2) is 19.2 Å². The van der Waals surface area contributed by atoms with Crippen molar-refractivity contribution in [3.05, 3.63) is 131 Å². The van der Waals surface area contributed by atoms with Crippen LogP contribution >= 0.6 is 46.3 Å². The van der Waals surface area contributed by atoms with E-state index in [1.165, 1.54) is 63.6 Å². The molecule has 0 bridgehead atoms. The fourth-order valence-corrected chi connectivity index (χ4v) is 17.7. The number of halogens is 8. The molecule has 0 unspecified atom stereocenters. The lowest BCUT2D eigenvalue weighted by Crippen LogP contribution is -2.48. The molecule has 4 fully saturated rings. The van der Waals surface area contributed by atoms with Gasteiger partial charge in [0, 0.05) is 139 Å². The number of ether oxygens (including phenoxy) is 8. The van der Waals surface area contributed by atoms with Gasteiger partial charge in [-0.1, -0.05) is 107 Å². The highest BCUT2D eigenvalue weighted by Gasteiger charge is 2.40. The summed E-state index contributed by atoms with van der Waals surface area (Å²) in [6.07, 6.45) is -3.00. The van der Waals surface area contributed by atoms with E-state index in [9.17, 15) is 94.8 Å². The van der Waals surface area contributed by atoms with Crippen molar-refractivity contribution in [2.24, 2.45) is 23.7 Å². The van der Waals surface area contributed by atoms with Crippen molar-refractivity contribution in [1.82, 2.24) is 38.7 Å². The average molecular weight is 2170 g/mol. The number of esters is 4. The Bertz CT molecular complexity index is 5210. The van der Waals surface area contributed by atoms with Crippen LogP contribution in [0.3, 0.4) is 0 Å². The number of nitrogens with one attached hydrogen (secondary N) is 2. The smallest absolute Gasteiger partial charge is 0.452 e. The number of nitro groups is 2. The van der Waals surface area contributed by atoms with Crippen LogP contribution in [0.4, 0.5) is 96.2 Å². The molecule has 826 valence electrons. The number of anilines is 7. The highest BCUT2D eigenvalue weighted by molar-refractivity contribution is 7.10. The first-order valence-corrected chi connectivity index (χ1v) is 50.6. The molecule has 39 nitrogen and oxygen atoms in total. The first-order chi connectivity index (χ1) is 69.6. The second-order valence-corrected chi connectivity index (χ2v) is 39.3. The van der Waals surface area contributed by atoms with E-state index in [1.807, 2.05) is 57.2 Å². The molecule has 4 atom stereocenters. The molecule has 0 spiro atoms. The van der Waals surface area contributed by atoms with Crippen LogP contribution in [0.25, 0.3) is 0 Å². The molecule has 4 aliphatic heterocycles. The summed E-state index contributed by atoms with van der Waals surface area (Å²) in [6, 6.07) is 24.7. The lowest BCUT2D eigenvalue weighted by atomic mass is 9.95. The Balaban J connectivity index is 0.000000472. The topological polar surface area (TPSA) is 482 Å². The number of nitrogen functional groups attached to an aromatic ring is 1. The molecule has 0 saturated carbocycles. The van der Waals surface area contributed by atoms with Crippen molar-refractivity contribution in [2.45, 2.75) is 241 Å². The van der Waals surface area contributed by atoms with Gasteiger partial charge >= 0.3 is 65.9 Å². The number of nitrogens with two attached hydrogens (primary N) is 1. The summed E-state index contributed by atoms with van der Waals surface area (Å²) in [5.41, 5.74) is 13.4. The summed E-state index contributed by atoms with van der Waals surface area (Å²) in [5, 5.41) is 46.7. The SMILES string of the molecule is CC#N.CCOC(C)=O.COC(=O)C[C@@H](C)c1ccc(N(CC(C)C)C2CCN(C(=O)OC)CC2)c(N)c1.COC(=O)C[C@@H](C)c1ccc(N(CC(C)C)C2CCN(C(=O)OC)CC2)c([N+](=O)[O-])c1.COC(=O)C[C@@H](C)c1ccc(N(CC(C)C)C2CCNCC2)c([N+](=O)[O-])c1.COC(=O)Cl.COC(=O)N1CCC(N(CC(C)C)c2ccc([C@H](C)CC(=O)O)cc2Nc2nc(C(F)(F)F)ns2)CC1.FC(F)(F)c1nsc(Cl)n1. The number of likely N-dealkylation sites (tertiary alicyclic amines) is 3. The first kappa shape index (κ1) is 130. The highest BCUT2D eigenvalue weighted by atomic mass is 35.5. The molecule has 148 heavy (non-hydrogen) atoms. The number of piperidine rings is 4. The molecule has 5 N–H and O–H groups in total. The number of methoxy groups -OCH3 is 7. The second-order valence-electron chi connectivity index (χ2n) is 36.9. The van der Waals surface area contributed by atoms with E-state index in [0.717, 1.165) is 91.2 Å². The molecule has 3 amide bonds. The Labute approximate surface area is 879 Å². The highest BCUT2D eigenvalue weighted by Crippen LogP contribution is 2.43. The van der Waals surface area contributed by atoms with Gasteiger partial charge in [-0.2, -0.15) is 50.3 Å². The summed E-state index contributed by atoms with van der Waals surface area (Å²) in [6.45, 7) is 37.9. The molecular formula is C99H145Cl2F6N17O22S2. The normalized spacial score (nSPS) is 14.6. The molecule has 0 radical (unpaired) electrons. The number of benzene rings is 4. The van der Waals surface area contributed by atoms with E-state index in [1.54, 1.807) is 58.9 Å². The van der Waals surface area contributed by atoms with Crippen molar-refractivity contribution >= 4 is 150 Å². The van der Waals surface area contributed by atoms with Crippen molar-refractivity contribution in [3.8, 4) is 6.07 Å². The number of aromatic nitrogens is 4. The van der Waals surface area contributed by atoms with Gasteiger partial charge in [-0.15, -0.1) is 0 Å². The quantitative estimate of drug-likeness (QED) is 0.00565. The first-order valence-electron chi connectivity index (χ1n) is 48.3. The zero-order valence-electron chi connectivity index (χ0n) is 88.2. The third kappa shape index (κ3) is 45.1. The molecule has 4 aromatic carbocycles. The van der Waals surface area contributed by atoms with Crippen LogP contribution < -0.4 is 36.0 Å². The Morgan fingerprint density at radius 3 is 1.08 bits per heavy atom. The predicted octanol–water partition coefficient (Wildman–Crippen LogP) is 20.9. The molecule has 0 aliphatic carbocycles. The standard InChI is InChI=1S/C24H32F3N5O4S.C22H33N3O6.C22H35N3O4.C20H31N3O4.C4H8O2.C3ClF3N2S.C2H3ClO2.C2H3N/c1-14(2)13-32(17-7-9-31(10-8-17)23(35)36-4)19-6-5-16(15(3)11-20(33)34)12-18(19)28-22-29-21(30-37-22)24(25,26)27;1-15(2)14-24(18-8-10-23(11-9-18)22(27)31-5)19-7-6-17(13-20(19)25(28)29)16(3)12-21(26)30-4;1-15(2)14-25(18-8-10-24(11-9-18)22(27)29-5)20-7-6-17(13-19(20)23)16(3)12-21(26)28-4;1-14(2)13-22(17-7-9-21-10-8-17)18-6-5-16(12-19(18)23(25)26)15(3)11-20(24)27-4;1-3-6-4(2)5;4-2-8-1(9-10-2)3(5,6)7;1-5-2(3)4;1-2-3/h5-6,12,14-15,17H,7-11,13H2,1-4H3,(H,33,34)(H,28,29,30);6-7,13,15-16,18H,8-12,14H2,1-5H3;6-7,13,15-16,18H,8-12,14,23H2,1-5H3;5-6,12,14-15,17,21H,7-11,13H2,1-4H3;3H2,1-2H3;;1H3;1H3/t15-;2*16-;15-;;;;/m1111..../s1. The number of amides is 3. The monoisotopic (exact) mass is 2170 g/mol. The minimum Gasteiger partial charge on any atom is -0.481 e. The fourth-order valence-electron chi connectivity index (χ4n) is 16.5. The van der Waals surface area contributed by atoms with E-state index in [0.29, 0.717) is 161 Å². The number of carbonyl (C=O) groups is 9. The van der Waals surface area contributed by atoms with Gasteiger partial charge in [-0.05, 0) is 201 Å². The summed E-state index contributed by atoms with van der Waals surface area (Å²) in [7, 11) is 9.44. The van der Waals surface area contributed by atoms with Gasteiger partial charge in [-0.3, -0.25) is 44.2 Å². The summed E-state index contributed by atoms with van der Waals surface area (Å²) < 4.78 is 117. The van der Waals surface area contributed by atoms with Gasteiger partial charge in [0.15, 0.2) is 0 Å². The number of carboxylic acid groups (broad SMARTS) is 1. The Hall–Kier alpha value is -12.2. The predicted molar refractivity (Wildman–Crippen MR) is 555 cm³/mol. The lowest BCUT2D eigenvalue weighted by Gasteiger charge is -2.41. The summed E-state index contributed by atoms with van der Waals surface area (Å²) >= 11 is 10.8. The number of carboxylic acids is 1. The molecule has 6 heterocycles. The molecule has 6 aromatic rings.